The molecule has 0 radical (unpaired) electrons. The Labute approximate surface area is 105 Å². The van der Waals surface area contributed by atoms with Crippen molar-refractivity contribution < 1.29 is 9.90 Å². The second kappa shape index (κ2) is 6.34. The van der Waals surface area contributed by atoms with Gasteiger partial charge in [0.05, 0.1) is 5.69 Å². The van der Waals surface area contributed by atoms with E-state index in [4.69, 9.17) is 10.8 Å². The fourth-order valence-corrected chi connectivity index (χ4v) is 1.60. The summed E-state index contributed by atoms with van der Waals surface area (Å²) in [7, 11) is 0. The molecule has 0 bridgehead atoms. The number of carboxylic acids is 1. The van der Waals surface area contributed by atoms with E-state index in [0.29, 0.717) is 16.8 Å². The number of carbonyl (C=O) groups is 1. The maximum Gasteiger partial charge on any atom is 0.354 e. The summed E-state index contributed by atoms with van der Waals surface area (Å²) in [6.07, 6.45) is 3.03. The number of hydrogen-bond donors (Lipinski definition) is 3. The Morgan fingerprint density at radius 3 is 2.94 bits per heavy atom. The van der Waals surface area contributed by atoms with Gasteiger partial charge in [0.15, 0.2) is 5.69 Å². The molecule has 5 nitrogen and oxygen atoms in total. The molecule has 6 heteroatoms. The van der Waals surface area contributed by atoms with E-state index in [1.807, 2.05) is 0 Å². The lowest BCUT2D eigenvalue weighted by molar-refractivity contribution is 0.0690. The summed E-state index contributed by atoms with van der Waals surface area (Å²) in [4.78, 5) is 14.7. The molecule has 0 saturated heterocycles. The lowest BCUT2D eigenvalue weighted by Gasteiger charge is -2.11. The molecular weight excluding hydrogens is 238 g/mol. The second-order valence-corrected chi connectivity index (χ2v) is 4.98. The van der Waals surface area contributed by atoms with Gasteiger partial charge in [-0.15, -0.1) is 0 Å². The van der Waals surface area contributed by atoms with Gasteiger partial charge < -0.3 is 16.2 Å². The number of aromatic nitrogens is 1. The third-order valence-corrected chi connectivity index (χ3v) is 3.43. The zero-order chi connectivity index (χ0) is 12.8. The van der Waals surface area contributed by atoms with Crippen molar-refractivity contribution in [3.63, 3.8) is 0 Å². The highest BCUT2D eigenvalue weighted by Crippen LogP contribution is 2.16. The number of rotatable bonds is 6. The molecule has 17 heavy (non-hydrogen) atoms. The van der Waals surface area contributed by atoms with E-state index in [2.05, 4.69) is 23.5 Å². The molecule has 0 fully saturated rings. The van der Waals surface area contributed by atoms with Crippen molar-refractivity contribution in [1.82, 2.24) is 4.98 Å². The van der Waals surface area contributed by atoms with Crippen molar-refractivity contribution in [3.8, 4) is 0 Å². The molecule has 1 rings (SSSR count). The van der Waals surface area contributed by atoms with E-state index < -0.39 is 5.97 Å². The van der Waals surface area contributed by atoms with Crippen LogP contribution < -0.4 is 11.1 Å². The average molecular weight is 255 g/mol. The number of carboxylic acid groups (broad SMARTS) is 1. The molecule has 0 amide bonds. The van der Waals surface area contributed by atoms with Crippen molar-refractivity contribution >= 4 is 29.2 Å². The number of nitrogens with two attached hydrogens (primary N) is 1. The van der Waals surface area contributed by atoms with E-state index in [9.17, 15) is 4.79 Å². The van der Waals surface area contributed by atoms with E-state index in [1.165, 1.54) is 6.07 Å². The molecule has 0 saturated carbocycles. The minimum atomic E-state index is -1.05. The van der Waals surface area contributed by atoms with Gasteiger partial charge in [-0.25, -0.2) is 9.78 Å². The lowest BCUT2D eigenvalue weighted by atomic mass is 10.3. The normalized spacial score (nSPS) is 12.1. The van der Waals surface area contributed by atoms with Crippen LogP contribution in [0.5, 0.6) is 0 Å². The second-order valence-electron chi connectivity index (χ2n) is 3.70. The summed E-state index contributed by atoms with van der Waals surface area (Å²) in [6.45, 7) is 2.86. The van der Waals surface area contributed by atoms with Crippen LogP contribution in [0.1, 0.15) is 23.8 Å². The van der Waals surface area contributed by atoms with E-state index in [-0.39, 0.29) is 5.69 Å². The van der Waals surface area contributed by atoms with E-state index >= 15 is 0 Å². The monoisotopic (exact) mass is 255 g/mol. The first-order chi connectivity index (χ1) is 8.04. The van der Waals surface area contributed by atoms with E-state index in [0.717, 1.165) is 13.0 Å². The number of thioether (sulfide) groups is 1. The maximum atomic E-state index is 10.8. The van der Waals surface area contributed by atoms with Crippen molar-refractivity contribution in [2.24, 2.45) is 0 Å². The van der Waals surface area contributed by atoms with Crippen LogP contribution in [0.15, 0.2) is 12.1 Å². The first-order valence-corrected chi connectivity index (χ1v) is 6.60. The summed E-state index contributed by atoms with van der Waals surface area (Å²) in [5, 5.41) is 12.4. The fourth-order valence-electron chi connectivity index (χ4n) is 1.24. The van der Waals surface area contributed by atoms with Crippen molar-refractivity contribution in [3.05, 3.63) is 17.8 Å². The molecule has 94 valence electrons. The predicted molar refractivity (Wildman–Crippen MR) is 71.7 cm³/mol. The third-order valence-electron chi connectivity index (χ3n) is 2.39. The summed E-state index contributed by atoms with van der Waals surface area (Å²) in [6, 6.07) is 2.95. The molecule has 0 aliphatic carbocycles. The van der Waals surface area contributed by atoms with Crippen LogP contribution in [-0.4, -0.2) is 34.1 Å². The lowest BCUT2D eigenvalue weighted by Crippen LogP contribution is -2.12. The Kier molecular flexibility index (Phi) is 5.09. The molecule has 1 unspecified atom stereocenters. The number of nitrogen functional groups attached to an aromatic ring is 1. The standard InChI is InChI=1S/C11H17N3O2S/c1-7(17-2)5-6-13-10-8(12)3-4-9(14-10)11(15)16/h3-4,7H,5-6,12H2,1-2H3,(H,13,14)(H,15,16). The number of nitrogens with one attached hydrogen (secondary N) is 1. The average Bonchev–Trinajstić information content (AvgIpc) is 2.30. The highest BCUT2D eigenvalue weighted by molar-refractivity contribution is 7.99. The van der Waals surface area contributed by atoms with Crippen molar-refractivity contribution in [2.45, 2.75) is 18.6 Å². The van der Waals surface area contributed by atoms with Gasteiger partial charge in [-0.2, -0.15) is 11.8 Å². The third kappa shape index (κ3) is 4.14. The quantitative estimate of drug-likeness (QED) is 0.719. The van der Waals surface area contributed by atoms with Crippen LogP contribution in [0.2, 0.25) is 0 Å². The Morgan fingerprint density at radius 1 is 1.65 bits per heavy atom. The summed E-state index contributed by atoms with van der Waals surface area (Å²) in [5.41, 5.74) is 6.18. The van der Waals surface area contributed by atoms with Crippen LogP contribution >= 0.6 is 11.8 Å². The van der Waals surface area contributed by atoms with E-state index in [1.54, 1.807) is 17.8 Å². The van der Waals surface area contributed by atoms with Gasteiger partial charge in [0.1, 0.15) is 5.82 Å². The number of pyridine rings is 1. The van der Waals surface area contributed by atoms with Crippen molar-refractivity contribution in [1.29, 1.82) is 0 Å². The van der Waals surface area contributed by atoms with Crippen LogP contribution in [0, 0.1) is 0 Å². The van der Waals surface area contributed by atoms with Gasteiger partial charge in [-0.1, -0.05) is 6.92 Å². The topological polar surface area (TPSA) is 88.2 Å². The van der Waals surface area contributed by atoms with Crippen LogP contribution in [0.25, 0.3) is 0 Å². The molecule has 0 aliphatic rings. The fraction of sp³-hybridized carbons (Fsp3) is 0.455. The number of nitrogens with zero attached hydrogens (tertiary/aromatic N) is 1. The molecule has 0 spiro atoms. The SMILES string of the molecule is CSC(C)CCNc1nc(C(=O)O)ccc1N. The number of aromatic carboxylic acids is 1. The van der Waals surface area contributed by atoms with Crippen LogP contribution in [0.4, 0.5) is 11.5 Å². The zero-order valence-electron chi connectivity index (χ0n) is 9.93. The Hall–Kier alpha value is -1.43. The predicted octanol–water partition coefficient (Wildman–Crippen LogP) is 1.92. The zero-order valence-corrected chi connectivity index (χ0v) is 10.8. The smallest absolute Gasteiger partial charge is 0.354 e. The van der Waals surface area contributed by atoms with Crippen LogP contribution in [0.3, 0.4) is 0 Å². The number of hydrogen-bond acceptors (Lipinski definition) is 5. The Bertz CT molecular complexity index is 398. The number of anilines is 2. The Balaban J connectivity index is 2.63. The first-order valence-electron chi connectivity index (χ1n) is 5.31. The Morgan fingerprint density at radius 2 is 2.35 bits per heavy atom. The van der Waals surface area contributed by atoms with Gasteiger partial charge in [0.2, 0.25) is 0 Å². The summed E-state index contributed by atoms with van der Waals surface area (Å²) in [5.74, 6) is -0.608. The maximum absolute atomic E-state index is 10.8. The molecule has 1 atom stereocenters. The van der Waals surface area contributed by atoms with Gasteiger partial charge in [0.25, 0.3) is 0 Å². The molecular formula is C11H17N3O2S. The van der Waals surface area contributed by atoms with Gasteiger partial charge in [-0.05, 0) is 24.8 Å². The molecule has 1 aromatic heterocycles. The van der Waals surface area contributed by atoms with Crippen LogP contribution in [-0.2, 0) is 0 Å². The first kappa shape index (κ1) is 13.6. The van der Waals surface area contributed by atoms with Gasteiger partial charge in [0, 0.05) is 11.8 Å². The van der Waals surface area contributed by atoms with Gasteiger partial charge >= 0.3 is 5.97 Å². The molecule has 4 N–H and O–H groups in total. The highest BCUT2D eigenvalue weighted by atomic mass is 32.2. The molecule has 1 aromatic rings. The largest absolute Gasteiger partial charge is 0.477 e. The minimum absolute atomic E-state index is 0.000356. The molecule has 1 heterocycles. The summed E-state index contributed by atoms with van der Waals surface area (Å²) >= 11 is 1.79. The molecule has 0 aromatic carbocycles. The summed E-state index contributed by atoms with van der Waals surface area (Å²) < 4.78 is 0. The molecule has 0 aliphatic heterocycles. The minimum Gasteiger partial charge on any atom is -0.477 e. The highest BCUT2D eigenvalue weighted by Gasteiger charge is 2.08. The van der Waals surface area contributed by atoms with Gasteiger partial charge in [-0.3, -0.25) is 0 Å². The van der Waals surface area contributed by atoms with Crippen molar-refractivity contribution in [2.75, 3.05) is 23.9 Å².